The van der Waals surface area contributed by atoms with Gasteiger partial charge in [-0.3, -0.25) is 0 Å². The van der Waals surface area contributed by atoms with Gasteiger partial charge >= 0.3 is 0 Å². The minimum Gasteiger partial charge on any atom is -0.496 e. The molecule has 2 rings (SSSR count). The Bertz CT molecular complexity index is 632. The van der Waals surface area contributed by atoms with Gasteiger partial charge in [0.25, 0.3) is 0 Å². The normalized spacial score (nSPS) is 12.0. The van der Waals surface area contributed by atoms with Gasteiger partial charge < -0.3 is 14.8 Å². The van der Waals surface area contributed by atoms with Gasteiger partial charge in [-0.05, 0) is 75.7 Å². The summed E-state index contributed by atoms with van der Waals surface area (Å²) in [7, 11) is 3.57. The van der Waals surface area contributed by atoms with Crippen LogP contribution in [0.3, 0.4) is 0 Å². The third-order valence-corrected chi connectivity index (χ3v) is 4.46. The molecule has 0 fully saturated rings. The third-order valence-electron chi connectivity index (χ3n) is 3.23. The maximum absolute atomic E-state index is 5.96. The number of nitrogens with one attached hydrogen (secondary N) is 1. The fourth-order valence-electron chi connectivity index (χ4n) is 1.89. The molecule has 0 spiro atoms. The number of hydrogen-bond donors (Lipinski definition) is 1. The Balaban J connectivity index is 2.28. The Morgan fingerprint density at radius 1 is 1.05 bits per heavy atom. The molecule has 112 valence electrons. The van der Waals surface area contributed by atoms with Crippen LogP contribution >= 0.6 is 31.9 Å². The van der Waals surface area contributed by atoms with Gasteiger partial charge in [0.1, 0.15) is 17.2 Å². The van der Waals surface area contributed by atoms with Crippen molar-refractivity contribution in [2.24, 2.45) is 0 Å². The first-order valence-electron chi connectivity index (χ1n) is 6.53. The molecule has 5 heteroatoms. The van der Waals surface area contributed by atoms with Crippen LogP contribution in [0.4, 0.5) is 0 Å². The van der Waals surface area contributed by atoms with E-state index in [4.69, 9.17) is 9.47 Å². The Labute approximate surface area is 141 Å². The molecule has 3 nitrogen and oxygen atoms in total. The molecule has 0 bridgehead atoms. The lowest BCUT2D eigenvalue weighted by atomic mass is 10.1. The summed E-state index contributed by atoms with van der Waals surface area (Å²) in [4.78, 5) is 0. The molecule has 2 aromatic rings. The Morgan fingerprint density at radius 3 is 2.38 bits per heavy atom. The van der Waals surface area contributed by atoms with Crippen molar-refractivity contribution in [1.82, 2.24) is 5.32 Å². The van der Waals surface area contributed by atoms with Gasteiger partial charge in [-0.15, -0.1) is 0 Å². The molecule has 21 heavy (non-hydrogen) atoms. The third kappa shape index (κ3) is 3.99. The number of halogens is 2. The van der Waals surface area contributed by atoms with E-state index in [1.54, 1.807) is 7.11 Å². The topological polar surface area (TPSA) is 30.5 Å². The number of rotatable bonds is 5. The summed E-state index contributed by atoms with van der Waals surface area (Å²) in [6.45, 7) is 2.11. The molecular formula is C16H17Br2NO2. The van der Waals surface area contributed by atoms with Crippen molar-refractivity contribution in [1.29, 1.82) is 0 Å². The van der Waals surface area contributed by atoms with Crippen molar-refractivity contribution in [3.05, 3.63) is 50.9 Å². The molecular weight excluding hydrogens is 398 g/mol. The summed E-state index contributed by atoms with van der Waals surface area (Å²) in [5.41, 5.74) is 1.18. The van der Waals surface area contributed by atoms with Crippen molar-refractivity contribution in [2.45, 2.75) is 13.0 Å². The monoisotopic (exact) mass is 413 g/mol. The highest BCUT2D eigenvalue weighted by Gasteiger charge is 2.10. The van der Waals surface area contributed by atoms with E-state index < -0.39 is 0 Å². The number of benzene rings is 2. The second-order valence-electron chi connectivity index (χ2n) is 4.60. The van der Waals surface area contributed by atoms with E-state index >= 15 is 0 Å². The van der Waals surface area contributed by atoms with E-state index in [1.165, 1.54) is 5.56 Å². The molecule has 2 aromatic carbocycles. The van der Waals surface area contributed by atoms with Crippen LogP contribution in [0, 0.1) is 0 Å². The molecule has 0 radical (unpaired) electrons. The van der Waals surface area contributed by atoms with Gasteiger partial charge in [0.15, 0.2) is 0 Å². The molecule has 0 aliphatic heterocycles. The largest absolute Gasteiger partial charge is 0.496 e. The number of methoxy groups -OCH3 is 1. The van der Waals surface area contributed by atoms with E-state index in [2.05, 4.69) is 50.2 Å². The zero-order valence-corrected chi connectivity index (χ0v) is 15.3. The van der Waals surface area contributed by atoms with Gasteiger partial charge in [-0.1, -0.05) is 12.1 Å². The van der Waals surface area contributed by atoms with E-state index in [0.29, 0.717) is 0 Å². The molecule has 0 aromatic heterocycles. The van der Waals surface area contributed by atoms with E-state index in [1.807, 2.05) is 37.4 Å². The highest BCUT2D eigenvalue weighted by Crippen LogP contribution is 2.38. The molecule has 0 heterocycles. The van der Waals surface area contributed by atoms with Crippen LogP contribution in [-0.2, 0) is 0 Å². The van der Waals surface area contributed by atoms with Gasteiger partial charge in [0.05, 0.1) is 16.1 Å². The summed E-state index contributed by atoms with van der Waals surface area (Å²) in [5.74, 6) is 2.29. The van der Waals surface area contributed by atoms with Crippen molar-refractivity contribution in [3.63, 3.8) is 0 Å². The zero-order chi connectivity index (χ0) is 15.4. The predicted molar refractivity (Wildman–Crippen MR) is 92.4 cm³/mol. The maximum atomic E-state index is 5.96. The van der Waals surface area contributed by atoms with E-state index in [9.17, 15) is 0 Å². The summed E-state index contributed by atoms with van der Waals surface area (Å²) in [6, 6.07) is 12.1. The average Bonchev–Trinajstić information content (AvgIpc) is 2.50. The minimum atomic E-state index is 0.277. The predicted octanol–water partition coefficient (Wildman–Crippen LogP) is 5.29. The summed E-state index contributed by atoms with van der Waals surface area (Å²) in [6.07, 6.45) is 0. The fourth-order valence-corrected chi connectivity index (χ4v) is 2.77. The van der Waals surface area contributed by atoms with E-state index in [0.717, 1.165) is 26.2 Å². The minimum absolute atomic E-state index is 0.277. The standard InChI is InChI=1S/C16H17Br2NO2/c1-10(19-2)11-5-4-6-12(7-11)21-16-9-13(17)15(20-3)8-14(16)18/h4-10,19H,1-3H3. The molecule has 0 saturated carbocycles. The molecule has 1 N–H and O–H groups in total. The van der Waals surface area contributed by atoms with Crippen molar-refractivity contribution in [2.75, 3.05) is 14.2 Å². The molecule has 1 atom stereocenters. The van der Waals surface area contributed by atoms with Crippen LogP contribution < -0.4 is 14.8 Å². The lowest BCUT2D eigenvalue weighted by molar-refractivity contribution is 0.409. The van der Waals surface area contributed by atoms with Crippen LogP contribution in [-0.4, -0.2) is 14.2 Å². The zero-order valence-electron chi connectivity index (χ0n) is 12.1. The van der Waals surface area contributed by atoms with Crippen molar-refractivity contribution >= 4 is 31.9 Å². The van der Waals surface area contributed by atoms with Crippen LogP contribution in [0.5, 0.6) is 17.2 Å². The van der Waals surface area contributed by atoms with Gasteiger partial charge in [0, 0.05) is 6.04 Å². The highest BCUT2D eigenvalue weighted by molar-refractivity contribution is 9.11. The Hall–Kier alpha value is -1.04. The van der Waals surface area contributed by atoms with Crippen LogP contribution in [0.15, 0.2) is 45.3 Å². The quantitative estimate of drug-likeness (QED) is 0.720. The lowest BCUT2D eigenvalue weighted by Gasteiger charge is -2.14. The molecule has 0 aliphatic carbocycles. The van der Waals surface area contributed by atoms with Gasteiger partial charge in [-0.25, -0.2) is 0 Å². The summed E-state index contributed by atoms with van der Waals surface area (Å²) in [5, 5.41) is 3.22. The van der Waals surface area contributed by atoms with Crippen LogP contribution in [0.2, 0.25) is 0 Å². The maximum Gasteiger partial charge on any atom is 0.143 e. The second kappa shape index (κ2) is 7.29. The number of hydrogen-bond acceptors (Lipinski definition) is 3. The number of ether oxygens (including phenoxy) is 2. The molecule has 0 amide bonds. The second-order valence-corrected chi connectivity index (χ2v) is 6.31. The first-order chi connectivity index (χ1) is 10.0. The highest BCUT2D eigenvalue weighted by atomic mass is 79.9. The molecule has 0 aliphatic rings. The van der Waals surface area contributed by atoms with Gasteiger partial charge in [-0.2, -0.15) is 0 Å². The van der Waals surface area contributed by atoms with Crippen molar-refractivity contribution < 1.29 is 9.47 Å². The van der Waals surface area contributed by atoms with Crippen LogP contribution in [0.1, 0.15) is 18.5 Å². The lowest BCUT2D eigenvalue weighted by Crippen LogP contribution is -2.12. The fraction of sp³-hybridized carbons (Fsp3) is 0.250. The van der Waals surface area contributed by atoms with Crippen LogP contribution in [0.25, 0.3) is 0 Å². The first-order valence-corrected chi connectivity index (χ1v) is 8.12. The summed E-state index contributed by atoms with van der Waals surface area (Å²) < 4.78 is 12.9. The SMILES string of the molecule is CNC(C)c1cccc(Oc2cc(Br)c(OC)cc2Br)c1. The van der Waals surface area contributed by atoms with E-state index in [-0.39, 0.29) is 6.04 Å². The Morgan fingerprint density at radius 2 is 1.71 bits per heavy atom. The first kappa shape index (κ1) is 16.3. The Kier molecular flexibility index (Phi) is 5.67. The average molecular weight is 415 g/mol. The smallest absolute Gasteiger partial charge is 0.143 e. The molecule has 0 saturated heterocycles. The molecule has 1 unspecified atom stereocenters. The van der Waals surface area contributed by atoms with Gasteiger partial charge in [0.2, 0.25) is 0 Å². The van der Waals surface area contributed by atoms with Crippen molar-refractivity contribution in [3.8, 4) is 17.2 Å². The summed E-state index contributed by atoms with van der Waals surface area (Å²) >= 11 is 6.97.